The highest BCUT2D eigenvalue weighted by Crippen LogP contribution is 2.28. The molecule has 0 atom stereocenters. The van der Waals surface area contributed by atoms with Crippen LogP contribution >= 0.6 is 0 Å². The molecule has 168 valence electrons. The van der Waals surface area contributed by atoms with Crippen LogP contribution in [0, 0.1) is 11.3 Å². The van der Waals surface area contributed by atoms with Gasteiger partial charge in [-0.15, -0.1) is 0 Å². The van der Waals surface area contributed by atoms with Gasteiger partial charge in [0.1, 0.15) is 17.4 Å². The van der Waals surface area contributed by atoms with Crippen molar-refractivity contribution >= 4 is 12.0 Å². The molecular formula is C26H26N4O3. The molecule has 7 nitrogen and oxygen atoms in total. The smallest absolute Gasteiger partial charge is 0.264 e. The van der Waals surface area contributed by atoms with Gasteiger partial charge in [0, 0.05) is 30.4 Å². The summed E-state index contributed by atoms with van der Waals surface area (Å²) in [6, 6.07) is 19.5. The molecule has 0 unspecified atom stereocenters. The summed E-state index contributed by atoms with van der Waals surface area (Å²) in [6.45, 7) is 5.87. The molecular weight excluding hydrogens is 416 g/mol. The van der Waals surface area contributed by atoms with Gasteiger partial charge in [-0.05, 0) is 56.3 Å². The fraction of sp³-hybridized carbons (Fsp3) is 0.269. The van der Waals surface area contributed by atoms with E-state index in [2.05, 4.69) is 6.07 Å². The minimum Gasteiger partial charge on any atom is -0.491 e. The van der Waals surface area contributed by atoms with Gasteiger partial charge in [-0.2, -0.15) is 10.4 Å². The SMILES string of the molecule is CC(C)Oc1ccc(-c2nn(-c3ccccc3)cc2/C=C(\C#N)C(=O)N2CCOCC2)cc1. The Kier molecular flexibility index (Phi) is 6.86. The van der Waals surface area contributed by atoms with Gasteiger partial charge in [-0.25, -0.2) is 4.68 Å². The summed E-state index contributed by atoms with van der Waals surface area (Å²) in [5.41, 5.74) is 3.19. The van der Waals surface area contributed by atoms with Crippen LogP contribution in [0.3, 0.4) is 0 Å². The van der Waals surface area contributed by atoms with Crippen molar-refractivity contribution in [1.29, 1.82) is 5.26 Å². The number of benzene rings is 2. The van der Waals surface area contributed by atoms with Crippen molar-refractivity contribution in [3.63, 3.8) is 0 Å². The summed E-state index contributed by atoms with van der Waals surface area (Å²) in [4.78, 5) is 14.6. The van der Waals surface area contributed by atoms with Crippen LogP contribution in [0.1, 0.15) is 19.4 Å². The molecule has 1 aromatic heterocycles. The minimum absolute atomic E-state index is 0.0746. The molecule has 4 rings (SSSR count). The van der Waals surface area contributed by atoms with Crippen LogP contribution in [-0.2, 0) is 9.53 Å². The predicted molar refractivity (Wildman–Crippen MR) is 126 cm³/mol. The number of hydrogen-bond donors (Lipinski definition) is 0. The summed E-state index contributed by atoms with van der Waals surface area (Å²) >= 11 is 0. The third kappa shape index (κ3) is 5.30. The Bertz CT molecular complexity index is 1170. The molecule has 0 aliphatic carbocycles. The quantitative estimate of drug-likeness (QED) is 0.424. The summed E-state index contributed by atoms with van der Waals surface area (Å²) in [7, 11) is 0. The van der Waals surface area contributed by atoms with E-state index in [0.717, 1.165) is 17.0 Å². The number of nitriles is 1. The summed E-state index contributed by atoms with van der Waals surface area (Å²) < 4.78 is 12.8. The van der Waals surface area contributed by atoms with Crippen LogP contribution in [0.4, 0.5) is 0 Å². The highest BCUT2D eigenvalue weighted by Gasteiger charge is 2.22. The number of ether oxygens (including phenoxy) is 2. The maximum atomic E-state index is 12.9. The van der Waals surface area contributed by atoms with E-state index in [1.165, 1.54) is 0 Å². The number of carbonyl (C=O) groups is 1. The van der Waals surface area contributed by atoms with E-state index in [4.69, 9.17) is 14.6 Å². The zero-order valence-electron chi connectivity index (χ0n) is 18.8. The molecule has 3 aromatic rings. The second-order valence-electron chi connectivity index (χ2n) is 7.98. The number of para-hydroxylation sites is 1. The Labute approximate surface area is 193 Å². The molecule has 33 heavy (non-hydrogen) atoms. The Morgan fingerprint density at radius 1 is 1.12 bits per heavy atom. The lowest BCUT2D eigenvalue weighted by molar-refractivity contribution is -0.130. The number of aromatic nitrogens is 2. The van der Waals surface area contributed by atoms with E-state index in [1.807, 2.05) is 74.6 Å². The van der Waals surface area contributed by atoms with Crippen molar-refractivity contribution < 1.29 is 14.3 Å². The average Bonchev–Trinajstić information content (AvgIpc) is 3.27. The maximum absolute atomic E-state index is 12.9. The Morgan fingerprint density at radius 2 is 1.82 bits per heavy atom. The molecule has 0 spiro atoms. The lowest BCUT2D eigenvalue weighted by Crippen LogP contribution is -2.41. The average molecular weight is 443 g/mol. The summed E-state index contributed by atoms with van der Waals surface area (Å²) in [6.07, 6.45) is 3.54. The van der Waals surface area contributed by atoms with Gasteiger partial charge in [0.25, 0.3) is 5.91 Å². The van der Waals surface area contributed by atoms with Gasteiger partial charge >= 0.3 is 0 Å². The summed E-state index contributed by atoms with van der Waals surface area (Å²) in [5.74, 6) is 0.480. The standard InChI is InChI=1S/C26H26N4O3/c1-19(2)33-24-10-8-20(9-11-24)25-22(18-30(28-25)23-6-4-3-5-7-23)16-21(17-27)26(31)29-12-14-32-15-13-29/h3-11,16,18-19H,12-15H2,1-2H3/b21-16+. The first-order valence-corrected chi connectivity index (χ1v) is 11.0. The predicted octanol–water partition coefficient (Wildman–Crippen LogP) is 4.09. The van der Waals surface area contributed by atoms with E-state index in [9.17, 15) is 10.1 Å². The molecule has 7 heteroatoms. The number of nitrogens with zero attached hydrogens (tertiary/aromatic N) is 4. The first-order chi connectivity index (χ1) is 16.0. The highest BCUT2D eigenvalue weighted by molar-refractivity contribution is 6.02. The van der Waals surface area contributed by atoms with Gasteiger partial charge in [-0.1, -0.05) is 18.2 Å². The Hall–Kier alpha value is -3.89. The fourth-order valence-corrected chi connectivity index (χ4v) is 3.63. The molecule has 1 aliphatic rings. The molecule has 1 saturated heterocycles. The van der Waals surface area contributed by atoms with Crippen LogP contribution in [-0.4, -0.2) is 53.0 Å². The van der Waals surface area contributed by atoms with Gasteiger partial charge in [0.05, 0.1) is 30.7 Å². The van der Waals surface area contributed by atoms with Gasteiger partial charge in [-0.3, -0.25) is 4.79 Å². The topological polar surface area (TPSA) is 80.4 Å². The number of morpholine rings is 1. The molecule has 0 saturated carbocycles. The first kappa shape index (κ1) is 22.3. The zero-order valence-corrected chi connectivity index (χ0v) is 18.8. The summed E-state index contributed by atoms with van der Waals surface area (Å²) in [5, 5.41) is 14.5. The van der Waals surface area contributed by atoms with Crippen LogP contribution in [0.2, 0.25) is 0 Å². The van der Waals surface area contributed by atoms with Gasteiger partial charge in [0.2, 0.25) is 0 Å². The third-order valence-electron chi connectivity index (χ3n) is 5.21. The molecule has 1 amide bonds. The number of amides is 1. The van der Waals surface area contributed by atoms with Crippen LogP contribution < -0.4 is 4.74 Å². The number of carbonyl (C=O) groups excluding carboxylic acids is 1. The minimum atomic E-state index is -0.292. The van der Waals surface area contributed by atoms with E-state index < -0.39 is 0 Å². The molecule has 2 heterocycles. The molecule has 1 fully saturated rings. The second kappa shape index (κ2) is 10.2. The van der Waals surface area contributed by atoms with Crippen molar-refractivity contribution in [2.24, 2.45) is 0 Å². The van der Waals surface area contributed by atoms with Gasteiger partial charge in [0.15, 0.2) is 0 Å². The normalized spacial score (nSPS) is 14.2. The third-order valence-corrected chi connectivity index (χ3v) is 5.21. The Balaban J connectivity index is 1.74. The molecule has 0 N–H and O–H groups in total. The largest absolute Gasteiger partial charge is 0.491 e. The first-order valence-electron chi connectivity index (χ1n) is 11.0. The maximum Gasteiger partial charge on any atom is 0.264 e. The highest BCUT2D eigenvalue weighted by atomic mass is 16.5. The van der Waals surface area contributed by atoms with Crippen molar-refractivity contribution in [3.8, 4) is 28.8 Å². The lowest BCUT2D eigenvalue weighted by Gasteiger charge is -2.26. The molecule has 0 radical (unpaired) electrons. The monoisotopic (exact) mass is 442 g/mol. The van der Waals surface area contributed by atoms with E-state index in [-0.39, 0.29) is 17.6 Å². The zero-order chi connectivity index (χ0) is 23.2. The second-order valence-corrected chi connectivity index (χ2v) is 7.98. The van der Waals surface area contributed by atoms with Crippen molar-refractivity contribution in [2.75, 3.05) is 26.3 Å². The molecule has 2 aromatic carbocycles. The van der Waals surface area contributed by atoms with Crippen LogP contribution in [0.15, 0.2) is 66.4 Å². The van der Waals surface area contributed by atoms with E-state index in [0.29, 0.717) is 37.6 Å². The molecule has 0 bridgehead atoms. The van der Waals surface area contributed by atoms with E-state index in [1.54, 1.807) is 15.7 Å². The number of hydrogen-bond acceptors (Lipinski definition) is 5. The van der Waals surface area contributed by atoms with Gasteiger partial charge < -0.3 is 14.4 Å². The van der Waals surface area contributed by atoms with Crippen molar-refractivity contribution in [2.45, 2.75) is 20.0 Å². The molecule has 1 aliphatic heterocycles. The fourth-order valence-electron chi connectivity index (χ4n) is 3.63. The van der Waals surface area contributed by atoms with Crippen LogP contribution in [0.25, 0.3) is 23.0 Å². The lowest BCUT2D eigenvalue weighted by atomic mass is 10.1. The Morgan fingerprint density at radius 3 is 2.45 bits per heavy atom. The van der Waals surface area contributed by atoms with Crippen molar-refractivity contribution in [1.82, 2.24) is 14.7 Å². The van der Waals surface area contributed by atoms with Crippen molar-refractivity contribution in [3.05, 3.63) is 71.9 Å². The number of rotatable bonds is 6. The van der Waals surface area contributed by atoms with E-state index >= 15 is 0 Å². The van der Waals surface area contributed by atoms with Crippen LogP contribution in [0.5, 0.6) is 5.75 Å².